The van der Waals surface area contributed by atoms with Crippen LogP contribution in [0.3, 0.4) is 0 Å². The Balaban J connectivity index is 2.65. The molecule has 0 radical (unpaired) electrons. The molecular formula is C13H15F5SSi. The maximum absolute atomic E-state index is 12.8. The largest absolute Gasteiger partial charge is 0.310 e. The Morgan fingerprint density at radius 3 is 1.75 bits per heavy atom. The van der Waals surface area contributed by atoms with Crippen LogP contribution < -0.4 is 5.19 Å². The first kappa shape index (κ1) is 15.3. The monoisotopic (exact) mass is 326 g/mol. The predicted molar refractivity (Wildman–Crippen MR) is 78.3 cm³/mol. The topological polar surface area (TPSA) is 0 Å². The number of fused-ring (bicyclic) bond motifs is 1. The summed E-state index contributed by atoms with van der Waals surface area (Å²) in [4.78, 5) is -1.83. The molecule has 7 heteroatoms. The van der Waals surface area contributed by atoms with E-state index in [2.05, 4.69) is 19.6 Å². The molecule has 0 nitrogen and oxygen atoms in total. The van der Waals surface area contributed by atoms with Gasteiger partial charge < -0.3 is 0 Å². The standard InChI is InChI=1S/C13H15F5SSi/c1-20(2,3)13-7-5-10-8-12(6-4-11(10)9-13)19(14,15,16,17)18/h4-9H,1-3H3. The Morgan fingerprint density at radius 1 is 0.750 bits per heavy atom. The van der Waals surface area contributed by atoms with Crippen LogP contribution in [0.15, 0.2) is 41.3 Å². The first-order valence-electron chi connectivity index (χ1n) is 5.95. The molecule has 0 saturated heterocycles. The molecule has 0 unspecified atom stereocenters. The summed E-state index contributed by atoms with van der Waals surface area (Å²) < 4.78 is 63.8. The lowest BCUT2D eigenvalue weighted by atomic mass is 10.1. The van der Waals surface area contributed by atoms with Gasteiger partial charge in [0.05, 0.1) is 8.07 Å². The number of hydrogen-bond donors (Lipinski definition) is 0. The Morgan fingerprint density at radius 2 is 1.25 bits per heavy atom. The molecule has 0 amide bonds. The van der Waals surface area contributed by atoms with E-state index >= 15 is 0 Å². The van der Waals surface area contributed by atoms with Crippen molar-refractivity contribution >= 4 is 34.3 Å². The zero-order valence-electron chi connectivity index (χ0n) is 11.3. The number of halogens is 5. The molecule has 0 aliphatic rings. The molecule has 112 valence electrons. The summed E-state index contributed by atoms with van der Waals surface area (Å²) >= 11 is 0. The Bertz CT molecular complexity index is 685. The van der Waals surface area contributed by atoms with Crippen LogP contribution in [-0.4, -0.2) is 8.07 Å². The lowest BCUT2D eigenvalue weighted by Crippen LogP contribution is -2.37. The average molecular weight is 326 g/mol. The third-order valence-corrected chi connectivity index (χ3v) is 6.31. The molecule has 2 aromatic carbocycles. The molecule has 0 N–H and O–H groups in total. The maximum atomic E-state index is 12.8. The molecule has 0 spiro atoms. The van der Waals surface area contributed by atoms with Gasteiger partial charge in [0.1, 0.15) is 4.90 Å². The molecule has 0 atom stereocenters. The molecule has 0 heterocycles. The average Bonchev–Trinajstić information content (AvgIpc) is 2.23. The van der Waals surface area contributed by atoms with Crippen LogP contribution in [0.25, 0.3) is 10.8 Å². The predicted octanol–water partition coefficient (Wildman–Crippen LogP) is 6.04. The van der Waals surface area contributed by atoms with Crippen molar-refractivity contribution in [2.45, 2.75) is 24.5 Å². The van der Waals surface area contributed by atoms with E-state index in [4.69, 9.17) is 0 Å². The molecule has 0 saturated carbocycles. The molecule has 0 aromatic heterocycles. The van der Waals surface area contributed by atoms with Crippen LogP contribution >= 0.6 is 10.2 Å². The van der Waals surface area contributed by atoms with Crippen LogP contribution in [0.5, 0.6) is 0 Å². The molecular weight excluding hydrogens is 311 g/mol. The van der Waals surface area contributed by atoms with Crippen molar-refractivity contribution in [2.24, 2.45) is 0 Å². The number of hydrogen-bond acceptors (Lipinski definition) is 0. The van der Waals surface area contributed by atoms with Crippen molar-refractivity contribution < 1.29 is 19.4 Å². The van der Waals surface area contributed by atoms with E-state index in [-0.39, 0.29) is 5.39 Å². The van der Waals surface area contributed by atoms with Gasteiger partial charge >= 0.3 is 10.2 Å². The summed E-state index contributed by atoms with van der Waals surface area (Å²) in [6, 6.07) is 7.12. The lowest BCUT2D eigenvalue weighted by Gasteiger charge is -2.40. The smallest absolute Gasteiger partial charge is 0.0936 e. The van der Waals surface area contributed by atoms with Gasteiger partial charge in [-0.05, 0) is 22.9 Å². The minimum absolute atomic E-state index is 0.178. The minimum atomic E-state index is -9.60. The fourth-order valence-corrected chi connectivity index (χ4v) is 3.78. The highest BCUT2D eigenvalue weighted by Crippen LogP contribution is 3.02. The van der Waals surface area contributed by atoms with Gasteiger partial charge in [-0.15, -0.1) is 0 Å². The Kier molecular flexibility index (Phi) is 2.73. The molecule has 0 bridgehead atoms. The molecule has 0 aliphatic carbocycles. The van der Waals surface area contributed by atoms with Crippen molar-refractivity contribution in [3.05, 3.63) is 36.4 Å². The van der Waals surface area contributed by atoms with Crippen LogP contribution in [0.2, 0.25) is 19.6 Å². The second-order valence-electron chi connectivity index (χ2n) is 5.94. The van der Waals surface area contributed by atoms with Crippen LogP contribution in [0.1, 0.15) is 0 Å². The molecule has 0 aliphatic heterocycles. The van der Waals surface area contributed by atoms with Gasteiger partial charge in [0.15, 0.2) is 0 Å². The summed E-state index contributed by atoms with van der Waals surface area (Å²) in [5.74, 6) is 0. The van der Waals surface area contributed by atoms with Gasteiger partial charge in [-0.25, -0.2) is 0 Å². The highest BCUT2D eigenvalue weighted by atomic mass is 32.5. The summed E-state index contributed by atoms with van der Waals surface area (Å²) in [5.41, 5.74) is 0. The Labute approximate surface area is 115 Å². The van der Waals surface area contributed by atoms with E-state index in [1.165, 1.54) is 6.07 Å². The summed E-state index contributed by atoms with van der Waals surface area (Å²) in [6.07, 6.45) is 0. The van der Waals surface area contributed by atoms with Gasteiger partial charge in [-0.1, -0.05) is 68.5 Å². The molecule has 2 rings (SSSR count). The van der Waals surface area contributed by atoms with Gasteiger partial charge in [0, 0.05) is 0 Å². The zero-order chi connectivity index (χ0) is 15.5. The Hall–Kier alpha value is -1.08. The highest BCUT2D eigenvalue weighted by Gasteiger charge is 2.65. The van der Waals surface area contributed by atoms with Crippen molar-refractivity contribution in [1.82, 2.24) is 0 Å². The third kappa shape index (κ3) is 3.14. The van der Waals surface area contributed by atoms with E-state index in [0.29, 0.717) is 17.5 Å². The van der Waals surface area contributed by atoms with Crippen molar-refractivity contribution in [1.29, 1.82) is 0 Å². The molecule has 2 aromatic rings. The van der Waals surface area contributed by atoms with Gasteiger partial charge in [0.25, 0.3) is 0 Å². The number of rotatable bonds is 2. The van der Waals surface area contributed by atoms with Gasteiger partial charge in [-0.3, -0.25) is 0 Å². The van der Waals surface area contributed by atoms with Crippen molar-refractivity contribution in [2.75, 3.05) is 0 Å². The second-order valence-corrected chi connectivity index (χ2v) is 13.4. The van der Waals surface area contributed by atoms with E-state index in [1.807, 2.05) is 0 Å². The van der Waals surface area contributed by atoms with Crippen LogP contribution in [0.4, 0.5) is 19.4 Å². The van der Waals surface area contributed by atoms with E-state index < -0.39 is 23.2 Å². The molecule has 0 fully saturated rings. The number of benzene rings is 2. The van der Waals surface area contributed by atoms with Crippen LogP contribution in [0, 0.1) is 0 Å². The fourth-order valence-electron chi connectivity index (χ4n) is 1.93. The normalized spacial score (nSPS) is 16.8. The zero-order valence-corrected chi connectivity index (χ0v) is 13.1. The van der Waals surface area contributed by atoms with Crippen LogP contribution in [-0.2, 0) is 0 Å². The minimum Gasteiger partial charge on any atom is -0.0936 e. The first-order chi connectivity index (χ1) is 8.66. The molecule has 20 heavy (non-hydrogen) atoms. The van der Waals surface area contributed by atoms with Gasteiger partial charge in [0.2, 0.25) is 0 Å². The second kappa shape index (κ2) is 3.57. The summed E-state index contributed by atoms with van der Waals surface area (Å²) in [5, 5.41) is 1.80. The maximum Gasteiger partial charge on any atom is 0.310 e. The SMILES string of the molecule is C[Si](C)(C)c1ccc2cc(S(F)(F)(F)(F)F)ccc2c1. The highest BCUT2D eigenvalue weighted by molar-refractivity contribution is 8.45. The van der Waals surface area contributed by atoms with Gasteiger partial charge in [-0.2, -0.15) is 0 Å². The van der Waals surface area contributed by atoms with E-state index in [1.54, 1.807) is 12.1 Å². The third-order valence-electron chi connectivity index (χ3n) is 3.12. The fraction of sp³-hybridized carbons (Fsp3) is 0.231. The van der Waals surface area contributed by atoms with E-state index in [0.717, 1.165) is 11.3 Å². The van der Waals surface area contributed by atoms with Crippen molar-refractivity contribution in [3.8, 4) is 0 Å². The van der Waals surface area contributed by atoms with E-state index in [9.17, 15) is 19.4 Å². The van der Waals surface area contributed by atoms with Crippen molar-refractivity contribution in [3.63, 3.8) is 0 Å². The lowest BCUT2D eigenvalue weighted by molar-refractivity contribution is 0.364. The summed E-state index contributed by atoms with van der Waals surface area (Å²) in [7, 11) is -11.2. The first-order valence-corrected chi connectivity index (χ1v) is 11.4. The summed E-state index contributed by atoms with van der Waals surface area (Å²) in [6.45, 7) is 6.33. The quantitative estimate of drug-likeness (QED) is 0.466.